The second-order valence-corrected chi connectivity index (χ2v) is 7.50. The molecule has 1 aromatic heterocycles. The molecule has 90 valence electrons. The lowest BCUT2D eigenvalue weighted by Crippen LogP contribution is -2.33. The van der Waals surface area contributed by atoms with Crippen molar-refractivity contribution in [2.75, 3.05) is 6.61 Å². The van der Waals surface area contributed by atoms with Crippen LogP contribution in [0, 0.1) is 5.92 Å². The van der Waals surface area contributed by atoms with Crippen molar-refractivity contribution in [3.63, 3.8) is 0 Å². The van der Waals surface area contributed by atoms with Gasteiger partial charge in [-0.1, -0.05) is 6.42 Å². The highest BCUT2D eigenvalue weighted by atomic mass is 79.9. The van der Waals surface area contributed by atoms with Crippen LogP contribution in [0.15, 0.2) is 14.3 Å². The molecular weight excluding hydrogens is 354 g/mol. The van der Waals surface area contributed by atoms with Crippen LogP contribution in [0.3, 0.4) is 0 Å². The van der Waals surface area contributed by atoms with E-state index >= 15 is 0 Å². The van der Waals surface area contributed by atoms with Gasteiger partial charge in [-0.05, 0) is 56.7 Å². The van der Waals surface area contributed by atoms with Gasteiger partial charge in [-0.2, -0.15) is 0 Å². The fourth-order valence-electron chi connectivity index (χ4n) is 2.23. The van der Waals surface area contributed by atoms with E-state index in [1.165, 1.54) is 17.7 Å². The molecule has 2 atom stereocenters. The molecule has 2 unspecified atom stereocenters. The first-order chi connectivity index (χ1) is 7.70. The zero-order valence-corrected chi connectivity index (χ0v) is 12.9. The minimum Gasteiger partial charge on any atom is -0.396 e. The summed E-state index contributed by atoms with van der Waals surface area (Å²) in [6, 6.07) is 2.63. The van der Waals surface area contributed by atoms with Crippen LogP contribution in [-0.4, -0.2) is 17.8 Å². The summed E-state index contributed by atoms with van der Waals surface area (Å²) < 4.78 is 2.27. The molecule has 1 aromatic rings. The van der Waals surface area contributed by atoms with Gasteiger partial charge in [-0.15, -0.1) is 11.3 Å². The second kappa shape index (κ2) is 5.96. The Labute approximate surface area is 117 Å². The topological polar surface area (TPSA) is 32.3 Å². The average Bonchev–Trinajstić information content (AvgIpc) is 2.83. The molecule has 1 saturated carbocycles. The number of nitrogens with one attached hydrogen (secondary N) is 1. The lowest BCUT2D eigenvalue weighted by Gasteiger charge is -2.18. The molecule has 0 radical (unpaired) electrons. The number of hydrogen-bond acceptors (Lipinski definition) is 3. The van der Waals surface area contributed by atoms with Gasteiger partial charge in [0.05, 0.1) is 3.79 Å². The van der Waals surface area contributed by atoms with Gasteiger partial charge in [0.2, 0.25) is 0 Å². The van der Waals surface area contributed by atoms with Gasteiger partial charge in [0, 0.05) is 28.5 Å². The third kappa shape index (κ3) is 3.07. The molecule has 0 aromatic carbocycles. The molecule has 2 N–H and O–H groups in total. The van der Waals surface area contributed by atoms with Crippen LogP contribution in [0.2, 0.25) is 0 Å². The van der Waals surface area contributed by atoms with Crippen LogP contribution in [0.25, 0.3) is 0 Å². The fourth-order valence-corrected chi connectivity index (χ4v) is 4.36. The van der Waals surface area contributed by atoms with E-state index in [1.54, 1.807) is 11.3 Å². The number of halogens is 2. The molecule has 5 heteroatoms. The van der Waals surface area contributed by atoms with Crippen LogP contribution < -0.4 is 5.32 Å². The quantitative estimate of drug-likeness (QED) is 0.852. The summed E-state index contributed by atoms with van der Waals surface area (Å²) >= 11 is 8.74. The van der Waals surface area contributed by atoms with Crippen LogP contribution in [-0.2, 0) is 6.54 Å². The van der Waals surface area contributed by atoms with Gasteiger partial charge < -0.3 is 10.4 Å². The molecule has 0 spiro atoms. The third-order valence-electron chi connectivity index (χ3n) is 3.13. The van der Waals surface area contributed by atoms with Crippen LogP contribution in [0.4, 0.5) is 0 Å². The molecule has 16 heavy (non-hydrogen) atoms. The lowest BCUT2D eigenvalue weighted by molar-refractivity contribution is 0.205. The van der Waals surface area contributed by atoms with E-state index in [-0.39, 0.29) is 0 Å². The summed E-state index contributed by atoms with van der Waals surface area (Å²) in [5.41, 5.74) is 0. The molecular formula is C11H15Br2NOS. The lowest BCUT2D eigenvalue weighted by atomic mass is 10.1. The van der Waals surface area contributed by atoms with Crippen molar-refractivity contribution in [1.29, 1.82) is 0 Å². The van der Waals surface area contributed by atoms with E-state index in [9.17, 15) is 5.11 Å². The number of rotatable bonds is 4. The summed E-state index contributed by atoms with van der Waals surface area (Å²) in [6.07, 6.45) is 3.59. The molecule has 1 heterocycles. The molecule has 1 aliphatic carbocycles. The maximum atomic E-state index is 9.23. The van der Waals surface area contributed by atoms with Gasteiger partial charge >= 0.3 is 0 Å². The second-order valence-electron chi connectivity index (χ2n) is 4.20. The van der Waals surface area contributed by atoms with E-state index < -0.39 is 0 Å². The summed E-state index contributed by atoms with van der Waals surface area (Å²) in [5, 5.41) is 12.8. The molecule has 0 aliphatic heterocycles. The Hall–Kier alpha value is 0.580. The van der Waals surface area contributed by atoms with E-state index in [2.05, 4.69) is 43.2 Å². The first-order valence-corrected chi connectivity index (χ1v) is 7.89. The highest BCUT2D eigenvalue weighted by molar-refractivity contribution is 9.13. The van der Waals surface area contributed by atoms with E-state index in [0.29, 0.717) is 18.6 Å². The van der Waals surface area contributed by atoms with E-state index in [1.807, 2.05) is 0 Å². The smallest absolute Gasteiger partial charge is 0.0843 e. The van der Waals surface area contributed by atoms with Crippen molar-refractivity contribution in [3.8, 4) is 0 Å². The number of aliphatic hydroxyl groups is 1. The zero-order valence-electron chi connectivity index (χ0n) is 8.88. The third-order valence-corrected chi connectivity index (χ3v) is 6.38. The molecule has 0 amide bonds. The Morgan fingerprint density at radius 2 is 2.25 bits per heavy atom. The highest BCUT2D eigenvalue weighted by Gasteiger charge is 2.25. The molecule has 2 rings (SSSR count). The van der Waals surface area contributed by atoms with Gasteiger partial charge in [0.15, 0.2) is 0 Å². The largest absolute Gasteiger partial charge is 0.396 e. The van der Waals surface area contributed by atoms with E-state index in [0.717, 1.165) is 21.2 Å². The van der Waals surface area contributed by atoms with Crippen molar-refractivity contribution < 1.29 is 5.11 Å². The Morgan fingerprint density at radius 3 is 2.88 bits per heavy atom. The standard InChI is InChI=1S/C11H15Br2NOS/c12-9-4-8(16-11(9)13)5-14-10-3-1-2-7(10)6-15/h4,7,10,14-15H,1-3,5-6H2. The first-order valence-electron chi connectivity index (χ1n) is 5.48. The van der Waals surface area contributed by atoms with Crippen molar-refractivity contribution in [2.24, 2.45) is 5.92 Å². The minimum absolute atomic E-state index is 0.315. The highest BCUT2D eigenvalue weighted by Crippen LogP contribution is 2.33. The van der Waals surface area contributed by atoms with Crippen LogP contribution in [0.1, 0.15) is 24.1 Å². The van der Waals surface area contributed by atoms with Crippen molar-refractivity contribution in [2.45, 2.75) is 31.8 Å². The summed E-state index contributed by atoms with van der Waals surface area (Å²) in [6.45, 7) is 1.21. The van der Waals surface area contributed by atoms with Gasteiger partial charge in [-0.3, -0.25) is 0 Å². The normalized spacial score (nSPS) is 25.2. The molecule has 2 nitrogen and oxygen atoms in total. The summed E-state index contributed by atoms with van der Waals surface area (Å²) in [7, 11) is 0. The van der Waals surface area contributed by atoms with Crippen molar-refractivity contribution >= 4 is 43.2 Å². The predicted octanol–water partition coefficient (Wildman–Crippen LogP) is 3.52. The molecule has 0 saturated heterocycles. The zero-order chi connectivity index (χ0) is 11.5. The predicted molar refractivity (Wildman–Crippen MR) is 74.8 cm³/mol. The van der Waals surface area contributed by atoms with Crippen molar-refractivity contribution in [1.82, 2.24) is 5.32 Å². The molecule has 1 aliphatic rings. The monoisotopic (exact) mass is 367 g/mol. The Balaban J connectivity index is 1.87. The van der Waals surface area contributed by atoms with Gasteiger partial charge in [0.1, 0.15) is 0 Å². The summed E-state index contributed by atoms with van der Waals surface area (Å²) in [4.78, 5) is 1.32. The minimum atomic E-state index is 0.315. The number of aliphatic hydroxyl groups excluding tert-OH is 1. The number of thiophene rings is 1. The van der Waals surface area contributed by atoms with Crippen LogP contribution in [0.5, 0.6) is 0 Å². The number of hydrogen-bond donors (Lipinski definition) is 2. The Morgan fingerprint density at radius 1 is 1.44 bits per heavy atom. The SMILES string of the molecule is OCC1CCCC1NCc1cc(Br)c(Br)s1. The first kappa shape index (κ1) is 13.0. The van der Waals surface area contributed by atoms with Crippen LogP contribution >= 0.6 is 43.2 Å². The Bertz CT molecular complexity index is 336. The van der Waals surface area contributed by atoms with E-state index in [4.69, 9.17) is 0 Å². The average molecular weight is 369 g/mol. The van der Waals surface area contributed by atoms with Gasteiger partial charge in [-0.25, -0.2) is 0 Å². The molecule has 0 bridgehead atoms. The van der Waals surface area contributed by atoms with Gasteiger partial charge in [0.25, 0.3) is 0 Å². The Kier molecular flexibility index (Phi) is 4.85. The fraction of sp³-hybridized carbons (Fsp3) is 0.636. The summed E-state index contributed by atoms with van der Waals surface area (Å²) in [5.74, 6) is 0.451. The maximum absolute atomic E-state index is 9.23. The molecule has 1 fully saturated rings. The van der Waals surface area contributed by atoms with Crippen molar-refractivity contribution in [3.05, 3.63) is 19.2 Å². The maximum Gasteiger partial charge on any atom is 0.0843 e.